The first-order chi connectivity index (χ1) is 14.3. The van der Waals surface area contributed by atoms with Crippen molar-refractivity contribution in [1.29, 1.82) is 0 Å². The summed E-state index contributed by atoms with van der Waals surface area (Å²) in [6.07, 6.45) is 12.4. The molecule has 1 amide bonds. The maximum atomic E-state index is 12.1. The van der Waals surface area contributed by atoms with Crippen molar-refractivity contribution in [3.05, 3.63) is 108 Å². The van der Waals surface area contributed by atoms with E-state index in [1.165, 1.54) is 11.6 Å². The van der Waals surface area contributed by atoms with Crippen LogP contribution in [0.5, 0.6) is 0 Å². The van der Waals surface area contributed by atoms with Crippen LogP contribution in [0, 0.1) is 0 Å². The number of para-hydroxylation sites is 1. The molecule has 0 atom stereocenters. The second-order valence-electron chi connectivity index (χ2n) is 6.66. The Kier molecular flexibility index (Phi) is 5.62. The zero-order valence-electron chi connectivity index (χ0n) is 15.8. The monoisotopic (exact) mass is 383 g/mol. The summed E-state index contributed by atoms with van der Waals surface area (Å²) >= 11 is 0. The Morgan fingerprint density at radius 2 is 1.83 bits per heavy atom. The van der Waals surface area contributed by atoms with Crippen molar-refractivity contribution in [2.24, 2.45) is 0 Å². The predicted molar refractivity (Wildman–Crippen MR) is 112 cm³/mol. The molecule has 144 valence electrons. The number of amides is 1. The number of aromatic nitrogens is 4. The number of nitrogens with zero attached hydrogens (tertiary/aromatic N) is 4. The number of hydrogen-bond acceptors (Lipinski definition) is 3. The largest absolute Gasteiger partial charge is 0.348 e. The highest BCUT2D eigenvalue weighted by Gasteiger charge is 2.01. The van der Waals surface area contributed by atoms with Gasteiger partial charge < -0.3 is 9.88 Å². The van der Waals surface area contributed by atoms with Crippen LogP contribution in [-0.4, -0.2) is 25.2 Å². The number of nitrogens with one attached hydrogen (secondary N) is 1. The van der Waals surface area contributed by atoms with Crippen LogP contribution in [0.1, 0.15) is 16.7 Å². The van der Waals surface area contributed by atoms with E-state index in [0.29, 0.717) is 6.54 Å². The highest BCUT2D eigenvalue weighted by molar-refractivity contribution is 5.91. The second kappa shape index (κ2) is 8.84. The number of imidazole rings is 1. The smallest absolute Gasteiger partial charge is 0.244 e. The molecule has 0 saturated carbocycles. The minimum Gasteiger partial charge on any atom is -0.348 e. The van der Waals surface area contributed by atoms with Gasteiger partial charge in [0.2, 0.25) is 5.91 Å². The van der Waals surface area contributed by atoms with Crippen molar-refractivity contribution in [3.8, 4) is 5.69 Å². The third-order valence-electron chi connectivity index (χ3n) is 4.46. The van der Waals surface area contributed by atoms with E-state index in [0.717, 1.165) is 23.4 Å². The molecule has 6 heteroatoms. The topological polar surface area (TPSA) is 64.7 Å². The molecule has 0 aliphatic carbocycles. The number of benzene rings is 2. The van der Waals surface area contributed by atoms with Gasteiger partial charge in [-0.25, -0.2) is 9.67 Å². The van der Waals surface area contributed by atoms with Crippen LogP contribution in [0.3, 0.4) is 0 Å². The van der Waals surface area contributed by atoms with Crippen LogP contribution in [-0.2, 0) is 17.9 Å². The van der Waals surface area contributed by atoms with E-state index >= 15 is 0 Å². The van der Waals surface area contributed by atoms with Gasteiger partial charge in [-0.3, -0.25) is 4.79 Å². The summed E-state index contributed by atoms with van der Waals surface area (Å²) < 4.78 is 3.80. The molecule has 0 aliphatic heterocycles. The molecule has 29 heavy (non-hydrogen) atoms. The van der Waals surface area contributed by atoms with Gasteiger partial charge >= 0.3 is 0 Å². The normalized spacial score (nSPS) is 11.0. The van der Waals surface area contributed by atoms with E-state index in [9.17, 15) is 4.79 Å². The fourth-order valence-corrected chi connectivity index (χ4v) is 2.92. The Hall–Kier alpha value is -3.93. The van der Waals surface area contributed by atoms with Crippen LogP contribution in [0.2, 0.25) is 0 Å². The molecule has 1 N–H and O–H groups in total. The first-order valence-corrected chi connectivity index (χ1v) is 9.36. The van der Waals surface area contributed by atoms with E-state index in [1.54, 1.807) is 29.5 Å². The second-order valence-corrected chi connectivity index (χ2v) is 6.66. The SMILES string of the molecule is O=C(/C=C/c1cnn(-c2ccccc2)c1)NCc1ccc(Cn2ccnc2)cc1. The first kappa shape index (κ1) is 18.4. The molecule has 4 aromatic rings. The lowest BCUT2D eigenvalue weighted by Gasteiger charge is -2.06. The van der Waals surface area contributed by atoms with Crippen LogP contribution < -0.4 is 5.32 Å². The minimum atomic E-state index is -0.139. The Labute approximate surface area is 169 Å². The van der Waals surface area contributed by atoms with Gasteiger partial charge in [0, 0.05) is 43.3 Å². The fraction of sp³-hybridized carbons (Fsp3) is 0.0870. The van der Waals surface area contributed by atoms with Crippen molar-refractivity contribution in [3.63, 3.8) is 0 Å². The van der Waals surface area contributed by atoms with Crippen molar-refractivity contribution in [1.82, 2.24) is 24.6 Å². The summed E-state index contributed by atoms with van der Waals surface area (Å²) in [5.74, 6) is -0.139. The van der Waals surface area contributed by atoms with Gasteiger partial charge in [0.15, 0.2) is 0 Å². The van der Waals surface area contributed by atoms with E-state index in [1.807, 2.05) is 59.4 Å². The molecule has 0 saturated heterocycles. The average molecular weight is 383 g/mol. The molecule has 2 aromatic heterocycles. The summed E-state index contributed by atoms with van der Waals surface area (Å²) in [5.41, 5.74) is 4.09. The molecule has 0 bridgehead atoms. The Morgan fingerprint density at radius 1 is 1.03 bits per heavy atom. The van der Waals surface area contributed by atoms with Crippen LogP contribution in [0.25, 0.3) is 11.8 Å². The number of carbonyl (C=O) groups excluding carboxylic acids is 1. The zero-order chi connectivity index (χ0) is 19.9. The molecule has 0 fully saturated rings. The summed E-state index contributed by atoms with van der Waals surface area (Å²) in [5, 5.41) is 7.23. The minimum absolute atomic E-state index is 0.139. The Morgan fingerprint density at radius 3 is 2.59 bits per heavy atom. The molecule has 6 nitrogen and oxygen atoms in total. The van der Waals surface area contributed by atoms with Crippen molar-refractivity contribution in [2.45, 2.75) is 13.1 Å². The molecule has 2 heterocycles. The Bertz CT molecular complexity index is 1080. The van der Waals surface area contributed by atoms with Crippen molar-refractivity contribution in [2.75, 3.05) is 0 Å². The maximum Gasteiger partial charge on any atom is 0.244 e. The molecule has 0 unspecified atom stereocenters. The van der Waals surface area contributed by atoms with E-state index in [4.69, 9.17) is 0 Å². The third kappa shape index (κ3) is 5.07. The highest BCUT2D eigenvalue weighted by Crippen LogP contribution is 2.09. The molecule has 0 radical (unpaired) electrons. The molecule has 0 spiro atoms. The van der Waals surface area contributed by atoms with E-state index in [2.05, 4.69) is 27.5 Å². The molecular formula is C23H21N5O. The van der Waals surface area contributed by atoms with Gasteiger partial charge in [0.25, 0.3) is 0 Å². The standard InChI is InChI=1S/C23H21N5O/c29-23(11-10-21-15-26-28(17-21)22-4-2-1-3-5-22)25-14-19-6-8-20(9-7-19)16-27-13-12-24-18-27/h1-13,15,17-18H,14,16H2,(H,25,29)/b11-10+. The lowest BCUT2D eigenvalue weighted by atomic mass is 10.1. The van der Waals surface area contributed by atoms with Gasteiger partial charge in [-0.15, -0.1) is 0 Å². The van der Waals surface area contributed by atoms with E-state index < -0.39 is 0 Å². The van der Waals surface area contributed by atoms with Gasteiger partial charge in [-0.2, -0.15) is 5.10 Å². The zero-order valence-corrected chi connectivity index (χ0v) is 15.8. The van der Waals surface area contributed by atoms with Crippen molar-refractivity contribution >= 4 is 12.0 Å². The van der Waals surface area contributed by atoms with Crippen molar-refractivity contribution < 1.29 is 4.79 Å². The maximum absolute atomic E-state index is 12.1. The molecule has 4 rings (SSSR count). The summed E-state index contributed by atoms with van der Waals surface area (Å²) in [6.45, 7) is 1.27. The summed E-state index contributed by atoms with van der Waals surface area (Å²) in [4.78, 5) is 16.2. The fourth-order valence-electron chi connectivity index (χ4n) is 2.92. The lowest BCUT2D eigenvalue weighted by molar-refractivity contribution is -0.116. The number of hydrogen-bond donors (Lipinski definition) is 1. The highest BCUT2D eigenvalue weighted by atomic mass is 16.1. The molecule has 2 aromatic carbocycles. The molecular weight excluding hydrogens is 362 g/mol. The molecule has 0 aliphatic rings. The van der Waals surface area contributed by atoms with E-state index in [-0.39, 0.29) is 5.91 Å². The lowest BCUT2D eigenvalue weighted by Crippen LogP contribution is -2.20. The van der Waals surface area contributed by atoms with Gasteiger partial charge in [-0.1, -0.05) is 42.5 Å². The van der Waals surface area contributed by atoms with Crippen LogP contribution in [0.4, 0.5) is 0 Å². The van der Waals surface area contributed by atoms with Crippen LogP contribution in [0.15, 0.2) is 91.8 Å². The average Bonchev–Trinajstić information content (AvgIpc) is 3.45. The van der Waals surface area contributed by atoms with Gasteiger partial charge in [0.05, 0.1) is 18.2 Å². The summed E-state index contributed by atoms with van der Waals surface area (Å²) in [6, 6.07) is 18.0. The van der Waals surface area contributed by atoms with Gasteiger partial charge in [-0.05, 0) is 29.3 Å². The number of rotatable bonds is 7. The van der Waals surface area contributed by atoms with Crippen LogP contribution >= 0.6 is 0 Å². The third-order valence-corrected chi connectivity index (χ3v) is 4.46. The quantitative estimate of drug-likeness (QED) is 0.497. The Balaban J connectivity index is 1.28. The predicted octanol–water partition coefficient (Wildman–Crippen LogP) is 3.45. The summed E-state index contributed by atoms with van der Waals surface area (Å²) in [7, 11) is 0. The number of carbonyl (C=O) groups is 1. The van der Waals surface area contributed by atoms with Gasteiger partial charge in [0.1, 0.15) is 0 Å². The first-order valence-electron chi connectivity index (χ1n) is 9.36.